The lowest BCUT2D eigenvalue weighted by atomic mass is 9.72. The Morgan fingerprint density at radius 3 is 2.00 bits per heavy atom. The van der Waals surface area contributed by atoms with Crippen LogP contribution in [0, 0.1) is 17.3 Å². The van der Waals surface area contributed by atoms with Crippen LogP contribution in [-0.2, 0) is 33.6 Å². The molecule has 7 nitrogen and oxygen atoms in total. The van der Waals surface area contributed by atoms with Gasteiger partial charge in [-0.25, -0.2) is 8.42 Å². The molecule has 0 bridgehead atoms. The minimum atomic E-state index is -4.10. The molecule has 0 amide bonds. The van der Waals surface area contributed by atoms with Gasteiger partial charge < -0.3 is 9.47 Å². The fraction of sp³-hybridized carbons (Fsp3) is 0.394. The highest BCUT2D eigenvalue weighted by molar-refractivity contribution is 7.91. The first-order chi connectivity index (χ1) is 20.2. The van der Waals surface area contributed by atoms with E-state index >= 15 is 0 Å². The van der Waals surface area contributed by atoms with E-state index in [9.17, 15) is 16.8 Å². The van der Waals surface area contributed by atoms with Gasteiger partial charge in [0, 0.05) is 18.4 Å². The average molecular weight is 609 g/mol. The van der Waals surface area contributed by atoms with Crippen molar-refractivity contribution in [1.29, 1.82) is 0 Å². The van der Waals surface area contributed by atoms with Crippen LogP contribution in [0.1, 0.15) is 50.5 Å². The molecule has 1 saturated carbocycles. The van der Waals surface area contributed by atoms with E-state index in [0.717, 1.165) is 24.8 Å². The minimum Gasteiger partial charge on any atom is -0.347 e. The first kappa shape index (κ1) is 30.5. The molecule has 0 N–H and O–H groups in total. The normalized spacial score (nSPS) is 22.5. The second kappa shape index (κ2) is 13.1. The molecule has 5 rings (SSSR count). The summed E-state index contributed by atoms with van der Waals surface area (Å²) in [6.45, 7) is 0.614. The molecule has 0 unspecified atom stereocenters. The third-order valence-electron chi connectivity index (χ3n) is 7.96. The molecule has 1 saturated heterocycles. The minimum absolute atomic E-state index is 0.0798. The molecular formula is C33H36O7S2. The van der Waals surface area contributed by atoms with Gasteiger partial charge in [0.1, 0.15) is 0 Å². The monoisotopic (exact) mass is 608 g/mol. The number of hydrogen-bond acceptors (Lipinski definition) is 7. The quantitative estimate of drug-likeness (QED) is 0.173. The lowest BCUT2D eigenvalue weighted by Gasteiger charge is -2.41. The van der Waals surface area contributed by atoms with Crippen molar-refractivity contribution in [3.05, 3.63) is 96.6 Å². The molecule has 1 heterocycles. The second-order valence-electron chi connectivity index (χ2n) is 10.9. The Morgan fingerprint density at radius 2 is 1.36 bits per heavy atom. The summed E-state index contributed by atoms with van der Waals surface area (Å²) in [6.07, 6.45) is 3.01. The number of rotatable bonds is 9. The fourth-order valence-corrected chi connectivity index (χ4v) is 8.35. The van der Waals surface area contributed by atoms with E-state index in [1.807, 2.05) is 30.3 Å². The molecule has 0 spiro atoms. The SMILES string of the molecule is O=S(=O)(CCC1(C[C@@]2(C#Cc3ccccc3)CCCCC[C@@H]2OS(=O)(=O)c2ccccc2)OCCO1)c1ccccc1. The summed E-state index contributed by atoms with van der Waals surface area (Å²) in [5.41, 5.74) is -0.186. The van der Waals surface area contributed by atoms with Crippen LogP contribution >= 0.6 is 0 Å². The van der Waals surface area contributed by atoms with Crippen molar-refractivity contribution in [2.75, 3.05) is 19.0 Å². The molecule has 42 heavy (non-hydrogen) atoms. The highest BCUT2D eigenvalue weighted by Crippen LogP contribution is 2.47. The van der Waals surface area contributed by atoms with Crippen molar-refractivity contribution >= 4 is 20.0 Å². The molecule has 3 aromatic rings. The molecule has 2 fully saturated rings. The van der Waals surface area contributed by atoms with Gasteiger partial charge in [-0.2, -0.15) is 8.42 Å². The summed E-state index contributed by atoms with van der Waals surface area (Å²) in [5, 5.41) is 0. The zero-order valence-corrected chi connectivity index (χ0v) is 25.1. The van der Waals surface area contributed by atoms with Crippen molar-refractivity contribution in [2.24, 2.45) is 5.41 Å². The predicted molar refractivity (Wildman–Crippen MR) is 160 cm³/mol. The Hall–Kier alpha value is -3.00. The van der Waals surface area contributed by atoms with Crippen molar-refractivity contribution in [3.63, 3.8) is 0 Å². The van der Waals surface area contributed by atoms with Crippen LogP contribution in [0.3, 0.4) is 0 Å². The zero-order valence-electron chi connectivity index (χ0n) is 23.5. The smallest absolute Gasteiger partial charge is 0.297 e. The fourth-order valence-electron chi connectivity index (χ4n) is 5.78. The first-order valence-corrected chi connectivity index (χ1v) is 17.4. The van der Waals surface area contributed by atoms with Crippen LogP contribution < -0.4 is 0 Å². The van der Waals surface area contributed by atoms with Gasteiger partial charge in [0.15, 0.2) is 15.6 Å². The van der Waals surface area contributed by atoms with Crippen LogP contribution in [0.5, 0.6) is 0 Å². The van der Waals surface area contributed by atoms with Crippen LogP contribution in [0.25, 0.3) is 0 Å². The highest BCUT2D eigenvalue weighted by atomic mass is 32.2. The summed E-state index contributed by atoms with van der Waals surface area (Å²) in [7, 11) is -7.71. The van der Waals surface area contributed by atoms with Crippen molar-refractivity contribution in [1.82, 2.24) is 0 Å². The topological polar surface area (TPSA) is 96.0 Å². The van der Waals surface area contributed by atoms with E-state index in [-0.39, 0.29) is 28.4 Å². The Kier molecular flexibility index (Phi) is 9.50. The van der Waals surface area contributed by atoms with Gasteiger partial charge in [-0.1, -0.05) is 85.7 Å². The predicted octanol–water partition coefficient (Wildman–Crippen LogP) is 5.76. The van der Waals surface area contributed by atoms with Crippen molar-refractivity contribution < 1.29 is 30.5 Å². The van der Waals surface area contributed by atoms with E-state index < -0.39 is 37.3 Å². The van der Waals surface area contributed by atoms with Crippen LogP contribution in [0.2, 0.25) is 0 Å². The first-order valence-electron chi connectivity index (χ1n) is 14.3. The lowest BCUT2D eigenvalue weighted by molar-refractivity contribution is -0.185. The summed E-state index contributed by atoms with van der Waals surface area (Å²) in [4.78, 5) is 0.317. The molecule has 222 valence electrons. The summed E-state index contributed by atoms with van der Waals surface area (Å²) in [6, 6.07) is 25.9. The van der Waals surface area contributed by atoms with Crippen LogP contribution in [-0.4, -0.2) is 47.7 Å². The largest absolute Gasteiger partial charge is 0.347 e. The molecule has 2 aliphatic rings. The molecule has 1 aliphatic heterocycles. The maximum atomic E-state index is 13.5. The number of hydrogen-bond donors (Lipinski definition) is 0. The van der Waals surface area contributed by atoms with E-state index in [2.05, 4.69) is 11.8 Å². The zero-order chi connectivity index (χ0) is 29.5. The standard InChI is InChI=1S/C33H36O7S2/c34-41(35,29-15-7-2-8-16-29)26-23-33(38-24-25-39-33)27-32(22-20-28-13-5-1-6-14-28)21-12-4-11-19-31(32)40-42(36,37)30-17-9-3-10-18-30/h1-3,5-10,13-18,31H,4,11-12,19,21,23-27H2/t31-,32-/m0/s1. The van der Waals surface area contributed by atoms with Gasteiger partial charge in [0.25, 0.3) is 10.1 Å². The van der Waals surface area contributed by atoms with E-state index in [0.29, 0.717) is 26.1 Å². The van der Waals surface area contributed by atoms with Crippen LogP contribution in [0.4, 0.5) is 0 Å². The van der Waals surface area contributed by atoms with Crippen molar-refractivity contribution in [3.8, 4) is 11.8 Å². The lowest BCUT2D eigenvalue weighted by Crippen LogP contribution is -2.46. The van der Waals surface area contributed by atoms with Gasteiger partial charge in [0.05, 0.1) is 40.3 Å². The molecular weight excluding hydrogens is 572 g/mol. The summed E-state index contributed by atoms with van der Waals surface area (Å²) in [5.74, 6) is 5.28. The Balaban J connectivity index is 1.53. The number of benzene rings is 3. The molecule has 3 aromatic carbocycles. The van der Waals surface area contributed by atoms with Gasteiger partial charge in [-0.05, 0) is 49.2 Å². The summed E-state index contributed by atoms with van der Waals surface area (Å²) >= 11 is 0. The molecule has 2 atom stereocenters. The molecule has 9 heteroatoms. The van der Waals surface area contributed by atoms with Gasteiger partial charge in [-0.15, -0.1) is 0 Å². The average Bonchev–Trinajstić information content (AvgIpc) is 3.39. The maximum Gasteiger partial charge on any atom is 0.297 e. The molecule has 0 aromatic heterocycles. The van der Waals surface area contributed by atoms with Gasteiger partial charge in [-0.3, -0.25) is 4.18 Å². The van der Waals surface area contributed by atoms with E-state index in [4.69, 9.17) is 13.7 Å². The van der Waals surface area contributed by atoms with Gasteiger partial charge in [0.2, 0.25) is 0 Å². The van der Waals surface area contributed by atoms with Crippen molar-refractivity contribution in [2.45, 2.75) is 66.6 Å². The third kappa shape index (κ3) is 7.31. The maximum absolute atomic E-state index is 13.5. The Morgan fingerprint density at radius 1 is 0.762 bits per heavy atom. The Labute approximate surface area is 249 Å². The van der Waals surface area contributed by atoms with Gasteiger partial charge >= 0.3 is 0 Å². The summed E-state index contributed by atoms with van der Waals surface area (Å²) < 4.78 is 71.9. The number of ether oxygens (including phenoxy) is 2. The second-order valence-corrected chi connectivity index (χ2v) is 14.6. The Bertz CT molecular complexity index is 1590. The number of sulfone groups is 1. The molecule has 0 radical (unpaired) electrons. The molecule has 1 aliphatic carbocycles. The highest BCUT2D eigenvalue weighted by Gasteiger charge is 2.51. The van der Waals surface area contributed by atoms with E-state index in [1.165, 1.54) is 12.1 Å². The van der Waals surface area contributed by atoms with E-state index in [1.54, 1.807) is 48.5 Å². The van der Waals surface area contributed by atoms with Crippen LogP contribution in [0.15, 0.2) is 101 Å². The third-order valence-corrected chi connectivity index (χ3v) is 11.0.